The molecule has 1 heterocycles. The van der Waals surface area contributed by atoms with Crippen molar-refractivity contribution in [3.8, 4) is 16.5 Å². The van der Waals surface area contributed by atoms with E-state index in [2.05, 4.69) is 11.1 Å². The van der Waals surface area contributed by atoms with Crippen LogP contribution in [0.25, 0.3) is 10.4 Å². The zero-order chi connectivity index (χ0) is 10.7. The summed E-state index contributed by atoms with van der Waals surface area (Å²) < 4.78 is 0. The Kier molecular flexibility index (Phi) is 2.77. The quantitative estimate of drug-likeness (QED) is 0.834. The number of nitrogens with two attached hydrogens (primary N) is 1. The maximum absolute atomic E-state index is 8.94. The van der Waals surface area contributed by atoms with Crippen LogP contribution in [0.15, 0.2) is 30.3 Å². The Bertz CT molecular complexity index is 496. The number of thiazole rings is 1. The van der Waals surface area contributed by atoms with E-state index in [0.29, 0.717) is 12.2 Å². The summed E-state index contributed by atoms with van der Waals surface area (Å²) in [5.74, 6) is 0. The normalized spacial score (nSPS) is 9.87. The van der Waals surface area contributed by atoms with E-state index in [1.165, 1.54) is 11.3 Å². The molecule has 1 aromatic heterocycles. The number of nitrogens with zero attached hydrogens (tertiary/aromatic N) is 2. The van der Waals surface area contributed by atoms with Crippen molar-refractivity contribution >= 4 is 11.3 Å². The van der Waals surface area contributed by atoms with Crippen LogP contribution in [-0.2, 0) is 6.54 Å². The van der Waals surface area contributed by atoms with E-state index in [4.69, 9.17) is 11.0 Å². The van der Waals surface area contributed by atoms with E-state index in [1.807, 2.05) is 30.3 Å². The van der Waals surface area contributed by atoms with E-state index in [1.54, 1.807) is 0 Å². The molecular formula is C11H9N3S. The predicted molar refractivity (Wildman–Crippen MR) is 60.2 cm³/mol. The topological polar surface area (TPSA) is 62.7 Å². The summed E-state index contributed by atoms with van der Waals surface area (Å²) in [6.45, 7) is 0.381. The molecule has 3 nitrogen and oxygen atoms in total. The predicted octanol–water partition coefficient (Wildman–Crippen LogP) is 2.14. The molecule has 0 saturated heterocycles. The molecule has 2 N–H and O–H groups in total. The van der Waals surface area contributed by atoms with Gasteiger partial charge in [-0.15, -0.1) is 11.3 Å². The molecule has 0 aliphatic rings. The molecule has 0 bridgehead atoms. The smallest absolute Gasteiger partial charge is 0.159 e. The van der Waals surface area contributed by atoms with E-state index < -0.39 is 0 Å². The van der Waals surface area contributed by atoms with Crippen LogP contribution in [0.1, 0.15) is 10.7 Å². The molecule has 0 aliphatic carbocycles. The fraction of sp³-hybridized carbons (Fsp3) is 0.0909. The second-order valence-corrected chi connectivity index (χ2v) is 4.05. The van der Waals surface area contributed by atoms with Crippen molar-refractivity contribution in [3.63, 3.8) is 0 Å². The van der Waals surface area contributed by atoms with Gasteiger partial charge in [0.15, 0.2) is 5.69 Å². The highest BCUT2D eigenvalue weighted by Crippen LogP contribution is 2.29. The number of nitriles is 1. The first kappa shape index (κ1) is 9.84. The molecule has 2 aromatic rings. The summed E-state index contributed by atoms with van der Waals surface area (Å²) in [6.07, 6.45) is 0. The van der Waals surface area contributed by atoms with Crippen LogP contribution in [0, 0.1) is 11.3 Å². The molecule has 0 radical (unpaired) electrons. The van der Waals surface area contributed by atoms with Crippen molar-refractivity contribution in [1.29, 1.82) is 5.26 Å². The molecule has 0 saturated carbocycles. The first-order valence-electron chi connectivity index (χ1n) is 4.50. The third kappa shape index (κ3) is 1.89. The van der Waals surface area contributed by atoms with Crippen LogP contribution in [-0.4, -0.2) is 4.98 Å². The fourth-order valence-electron chi connectivity index (χ4n) is 1.31. The van der Waals surface area contributed by atoms with Gasteiger partial charge in [-0.3, -0.25) is 0 Å². The Labute approximate surface area is 91.8 Å². The highest BCUT2D eigenvalue weighted by Gasteiger charge is 2.11. The number of aromatic nitrogens is 1. The van der Waals surface area contributed by atoms with Crippen molar-refractivity contribution in [1.82, 2.24) is 4.98 Å². The lowest BCUT2D eigenvalue weighted by atomic mass is 10.2. The molecule has 0 unspecified atom stereocenters. The lowest BCUT2D eigenvalue weighted by Gasteiger charge is -1.94. The molecule has 74 valence electrons. The number of benzene rings is 1. The van der Waals surface area contributed by atoms with Crippen molar-refractivity contribution in [3.05, 3.63) is 41.0 Å². The molecule has 0 amide bonds. The summed E-state index contributed by atoms with van der Waals surface area (Å²) in [6, 6.07) is 11.9. The van der Waals surface area contributed by atoms with Gasteiger partial charge in [0.2, 0.25) is 0 Å². The van der Waals surface area contributed by atoms with Crippen molar-refractivity contribution in [2.45, 2.75) is 6.54 Å². The molecule has 0 atom stereocenters. The van der Waals surface area contributed by atoms with Crippen LogP contribution < -0.4 is 5.73 Å². The molecule has 0 fully saturated rings. The molecule has 2 rings (SSSR count). The summed E-state index contributed by atoms with van der Waals surface area (Å²) in [5, 5.41) is 9.74. The minimum Gasteiger partial charge on any atom is -0.325 e. The first-order valence-corrected chi connectivity index (χ1v) is 5.32. The van der Waals surface area contributed by atoms with E-state index in [9.17, 15) is 0 Å². The van der Waals surface area contributed by atoms with Crippen molar-refractivity contribution in [2.75, 3.05) is 0 Å². The van der Waals surface area contributed by atoms with Gasteiger partial charge in [0.25, 0.3) is 0 Å². The molecular weight excluding hydrogens is 206 g/mol. The first-order chi connectivity index (χ1) is 7.35. The van der Waals surface area contributed by atoms with Gasteiger partial charge in [0, 0.05) is 6.54 Å². The van der Waals surface area contributed by atoms with Crippen molar-refractivity contribution in [2.24, 2.45) is 5.73 Å². The van der Waals surface area contributed by atoms with Crippen LogP contribution in [0.5, 0.6) is 0 Å². The van der Waals surface area contributed by atoms with Gasteiger partial charge in [-0.2, -0.15) is 5.26 Å². The largest absolute Gasteiger partial charge is 0.325 e. The average Bonchev–Trinajstić information content (AvgIpc) is 2.73. The second kappa shape index (κ2) is 4.22. The summed E-state index contributed by atoms with van der Waals surface area (Å²) >= 11 is 1.48. The van der Waals surface area contributed by atoms with Gasteiger partial charge in [-0.25, -0.2) is 4.98 Å². The molecule has 15 heavy (non-hydrogen) atoms. The van der Waals surface area contributed by atoms with Crippen LogP contribution >= 0.6 is 11.3 Å². The monoisotopic (exact) mass is 215 g/mol. The lowest BCUT2D eigenvalue weighted by Crippen LogP contribution is -1.94. The van der Waals surface area contributed by atoms with E-state index >= 15 is 0 Å². The standard InChI is InChI=1S/C11H9N3S/c12-6-9-11(15-10(7-13)14-9)8-4-2-1-3-5-8/h1-5H,7,13H2. The third-order valence-electron chi connectivity index (χ3n) is 1.99. The fourth-order valence-corrected chi connectivity index (χ4v) is 2.21. The van der Waals surface area contributed by atoms with Crippen molar-refractivity contribution < 1.29 is 0 Å². The minimum atomic E-state index is 0.381. The number of rotatable bonds is 2. The maximum atomic E-state index is 8.94. The van der Waals surface area contributed by atoms with Gasteiger partial charge in [-0.1, -0.05) is 30.3 Å². The second-order valence-electron chi connectivity index (χ2n) is 2.97. The van der Waals surface area contributed by atoms with Gasteiger partial charge < -0.3 is 5.73 Å². The lowest BCUT2D eigenvalue weighted by molar-refractivity contribution is 1.03. The zero-order valence-electron chi connectivity index (χ0n) is 7.97. The highest BCUT2D eigenvalue weighted by atomic mass is 32.1. The number of hydrogen-bond donors (Lipinski definition) is 1. The molecule has 0 spiro atoms. The van der Waals surface area contributed by atoms with Gasteiger partial charge >= 0.3 is 0 Å². The molecule has 4 heteroatoms. The summed E-state index contributed by atoms with van der Waals surface area (Å²) in [7, 11) is 0. The van der Waals surface area contributed by atoms with Crippen LogP contribution in [0.4, 0.5) is 0 Å². The summed E-state index contributed by atoms with van der Waals surface area (Å²) in [4.78, 5) is 5.06. The van der Waals surface area contributed by atoms with E-state index in [0.717, 1.165) is 15.4 Å². The maximum Gasteiger partial charge on any atom is 0.159 e. The molecule has 1 aromatic carbocycles. The Morgan fingerprint density at radius 2 is 2.07 bits per heavy atom. The SMILES string of the molecule is N#Cc1nc(CN)sc1-c1ccccc1. The van der Waals surface area contributed by atoms with Gasteiger partial charge in [-0.05, 0) is 5.56 Å². The summed E-state index contributed by atoms with van der Waals surface area (Å²) in [5.41, 5.74) is 6.99. The van der Waals surface area contributed by atoms with Crippen LogP contribution in [0.2, 0.25) is 0 Å². The Balaban J connectivity index is 2.53. The zero-order valence-corrected chi connectivity index (χ0v) is 8.79. The Morgan fingerprint density at radius 3 is 2.67 bits per heavy atom. The Morgan fingerprint density at radius 1 is 1.33 bits per heavy atom. The third-order valence-corrected chi connectivity index (χ3v) is 3.11. The average molecular weight is 215 g/mol. The van der Waals surface area contributed by atoms with Gasteiger partial charge in [0.05, 0.1) is 4.88 Å². The molecule has 0 aliphatic heterocycles. The number of hydrogen-bond acceptors (Lipinski definition) is 4. The van der Waals surface area contributed by atoms with Gasteiger partial charge in [0.1, 0.15) is 11.1 Å². The van der Waals surface area contributed by atoms with E-state index in [-0.39, 0.29) is 0 Å². The minimum absolute atomic E-state index is 0.381. The Hall–Kier alpha value is -1.70. The van der Waals surface area contributed by atoms with Crippen LogP contribution in [0.3, 0.4) is 0 Å². The highest BCUT2D eigenvalue weighted by molar-refractivity contribution is 7.15.